The van der Waals surface area contributed by atoms with E-state index in [-0.39, 0.29) is 16.5 Å². The number of halogens is 3. The normalized spacial score (nSPS) is 12.5. The van der Waals surface area contributed by atoms with E-state index in [1.165, 1.54) is 12.1 Å². The highest BCUT2D eigenvalue weighted by molar-refractivity contribution is 5.85. The van der Waals surface area contributed by atoms with Crippen molar-refractivity contribution in [3.8, 4) is 0 Å². The summed E-state index contributed by atoms with van der Waals surface area (Å²) in [6.07, 6.45) is -4.21. The first-order valence-corrected chi connectivity index (χ1v) is 8.82. The average Bonchev–Trinajstić information content (AvgIpc) is 2.67. The van der Waals surface area contributed by atoms with Gasteiger partial charge in [0.1, 0.15) is 11.3 Å². The van der Waals surface area contributed by atoms with Gasteiger partial charge in [0.15, 0.2) is 0 Å². The molecule has 7 nitrogen and oxygen atoms in total. The van der Waals surface area contributed by atoms with E-state index in [2.05, 4.69) is 21.0 Å². The molecule has 0 bridgehead atoms. The number of aromatic nitrogens is 2. The number of alkyl halides is 3. The zero-order valence-electron chi connectivity index (χ0n) is 15.7. The molecule has 152 valence electrons. The van der Waals surface area contributed by atoms with Crippen molar-refractivity contribution in [2.45, 2.75) is 25.6 Å². The molecule has 0 aliphatic carbocycles. The van der Waals surface area contributed by atoms with Gasteiger partial charge < -0.3 is 16.0 Å². The van der Waals surface area contributed by atoms with Gasteiger partial charge in [-0.1, -0.05) is 19.1 Å². The Bertz CT molecular complexity index is 843. The maximum absolute atomic E-state index is 12.8. The van der Waals surface area contributed by atoms with Crippen molar-refractivity contribution in [1.82, 2.24) is 15.1 Å². The SMILES string of the molecule is CCC(Nc1ccc(=N)n(C(=N)C(F)(F)F)n1)c1ccc(NCCNC)cc1. The van der Waals surface area contributed by atoms with E-state index in [9.17, 15) is 13.2 Å². The predicted octanol–water partition coefficient (Wildman–Crippen LogP) is 2.94. The summed E-state index contributed by atoms with van der Waals surface area (Å²) < 4.78 is 38.6. The van der Waals surface area contributed by atoms with Gasteiger partial charge in [-0.25, -0.2) is 0 Å². The highest BCUT2D eigenvalue weighted by atomic mass is 19.4. The number of benzene rings is 1. The molecule has 0 amide bonds. The van der Waals surface area contributed by atoms with Gasteiger partial charge in [0.25, 0.3) is 0 Å². The molecule has 0 spiro atoms. The minimum absolute atomic E-state index is 0.160. The van der Waals surface area contributed by atoms with E-state index in [4.69, 9.17) is 10.8 Å². The van der Waals surface area contributed by atoms with Crippen LogP contribution in [0.5, 0.6) is 0 Å². The van der Waals surface area contributed by atoms with Gasteiger partial charge in [0, 0.05) is 18.8 Å². The number of anilines is 2. The Labute approximate surface area is 161 Å². The Morgan fingerprint density at radius 1 is 1.14 bits per heavy atom. The van der Waals surface area contributed by atoms with Crippen molar-refractivity contribution in [3.05, 3.63) is 47.4 Å². The second kappa shape index (κ2) is 9.36. The molecule has 0 aliphatic rings. The summed E-state index contributed by atoms with van der Waals surface area (Å²) in [5, 5.41) is 28.0. The lowest BCUT2D eigenvalue weighted by Crippen LogP contribution is -2.38. The molecule has 1 aromatic heterocycles. The number of nitrogens with zero attached hydrogens (tertiary/aromatic N) is 2. The Hall–Kier alpha value is -2.88. The van der Waals surface area contributed by atoms with Crippen LogP contribution in [-0.2, 0) is 0 Å². The molecule has 0 radical (unpaired) electrons. The predicted molar refractivity (Wildman–Crippen MR) is 103 cm³/mol. The Morgan fingerprint density at radius 2 is 1.82 bits per heavy atom. The van der Waals surface area contributed by atoms with Gasteiger partial charge in [-0.2, -0.15) is 17.9 Å². The zero-order chi connectivity index (χ0) is 20.7. The largest absolute Gasteiger partial charge is 0.451 e. The summed E-state index contributed by atoms with van der Waals surface area (Å²) in [7, 11) is 1.88. The third-order valence-corrected chi connectivity index (χ3v) is 4.06. The summed E-state index contributed by atoms with van der Waals surface area (Å²) in [6, 6.07) is 10.2. The van der Waals surface area contributed by atoms with Crippen molar-refractivity contribution in [2.75, 3.05) is 30.8 Å². The molecule has 0 aliphatic heterocycles. The molecule has 1 atom stereocenters. The summed E-state index contributed by atoms with van der Waals surface area (Å²) >= 11 is 0. The van der Waals surface area contributed by atoms with Crippen LogP contribution >= 0.6 is 0 Å². The maximum atomic E-state index is 12.8. The first-order chi connectivity index (χ1) is 13.3. The van der Waals surface area contributed by atoms with Crippen LogP contribution < -0.4 is 21.4 Å². The van der Waals surface area contributed by atoms with Gasteiger partial charge in [-0.3, -0.25) is 10.8 Å². The highest BCUT2D eigenvalue weighted by Gasteiger charge is 2.37. The molecule has 1 aromatic carbocycles. The summed E-state index contributed by atoms with van der Waals surface area (Å²) in [4.78, 5) is 0. The van der Waals surface area contributed by atoms with E-state index in [1.807, 2.05) is 38.2 Å². The lowest BCUT2D eigenvalue weighted by atomic mass is 10.0. The molecule has 5 N–H and O–H groups in total. The topological polar surface area (TPSA) is 102 Å². The van der Waals surface area contributed by atoms with E-state index >= 15 is 0 Å². The van der Waals surface area contributed by atoms with Crippen LogP contribution in [0.15, 0.2) is 36.4 Å². The smallest absolute Gasteiger partial charge is 0.384 e. The molecule has 28 heavy (non-hydrogen) atoms. The maximum Gasteiger partial charge on any atom is 0.451 e. The minimum Gasteiger partial charge on any atom is -0.384 e. The molecule has 0 fully saturated rings. The van der Waals surface area contributed by atoms with Crippen LogP contribution in [0.25, 0.3) is 0 Å². The number of rotatable bonds is 8. The van der Waals surface area contributed by atoms with Crippen molar-refractivity contribution in [3.63, 3.8) is 0 Å². The molecule has 1 unspecified atom stereocenters. The number of hydrogen-bond donors (Lipinski definition) is 5. The molecule has 0 saturated carbocycles. The molecule has 0 saturated heterocycles. The van der Waals surface area contributed by atoms with E-state index < -0.39 is 17.5 Å². The second-order valence-corrected chi connectivity index (χ2v) is 6.12. The molecule has 2 rings (SSSR count). The van der Waals surface area contributed by atoms with Crippen LogP contribution in [0.2, 0.25) is 0 Å². The molecular weight excluding hydrogens is 371 g/mol. The van der Waals surface area contributed by atoms with Gasteiger partial charge in [0.2, 0.25) is 5.84 Å². The molecule has 2 aromatic rings. The fourth-order valence-electron chi connectivity index (χ4n) is 2.56. The Balaban J connectivity index is 2.16. The van der Waals surface area contributed by atoms with E-state index in [1.54, 1.807) is 0 Å². The van der Waals surface area contributed by atoms with Crippen LogP contribution in [0.3, 0.4) is 0 Å². The molecular formula is C18H24F3N7. The Kier molecular flexibility index (Phi) is 7.16. The number of nitrogens with one attached hydrogen (secondary N) is 5. The standard InChI is InChI=1S/C18H24F3N7/c1-3-14(12-4-6-13(7-5-12)25-11-10-24-2)26-16-9-8-15(22)28(27-16)17(23)18(19,20)21/h4-9,14,22-25H,3,10-11H2,1-2H3,(H,26,27). The van der Waals surface area contributed by atoms with Crippen LogP contribution in [0.1, 0.15) is 24.9 Å². The first kappa shape index (κ1) is 21.4. The first-order valence-electron chi connectivity index (χ1n) is 8.82. The Morgan fingerprint density at radius 3 is 2.39 bits per heavy atom. The summed E-state index contributed by atoms with van der Waals surface area (Å²) in [5.74, 6) is -1.54. The lowest BCUT2D eigenvalue weighted by molar-refractivity contribution is -0.0632. The second-order valence-electron chi connectivity index (χ2n) is 6.12. The van der Waals surface area contributed by atoms with E-state index in [0.29, 0.717) is 6.42 Å². The van der Waals surface area contributed by atoms with Crippen molar-refractivity contribution < 1.29 is 13.2 Å². The fourth-order valence-corrected chi connectivity index (χ4v) is 2.56. The van der Waals surface area contributed by atoms with Crippen molar-refractivity contribution in [1.29, 1.82) is 10.8 Å². The minimum atomic E-state index is -4.88. The van der Waals surface area contributed by atoms with Gasteiger partial charge in [-0.05, 0) is 43.3 Å². The molecule has 10 heteroatoms. The van der Waals surface area contributed by atoms with Crippen molar-refractivity contribution >= 4 is 17.3 Å². The summed E-state index contributed by atoms with van der Waals surface area (Å²) in [5.41, 5.74) is 1.41. The number of likely N-dealkylation sites (N-methyl/N-ethyl adjacent to an activating group) is 1. The van der Waals surface area contributed by atoms with Gasteiger partial charge in [0.05, 0.1) is 6.04 Å². The van der Waals surface area contributed by atoms with E-state index in [0.717, 1.165) is 24.3 Å². The molecule has 1 heterocycles. The van der Waals surface area contributed by atoms with Crippen molar-refractivity contribution in [2.24, 2.45) is 0 Å². The van der Waals surface area contributed by atoms with Crippen LogP contribution in [0.4, 0.5) is 24.7 Å². The lowest BCUT2D eigenvalue weighted by Gasteiger charge is -2.19. The monoisotopic (exact) mass is 395 g/mol. The third-order valence-electron chi connectivity index (χ3n) is 4.06. The quantitative estimate of drug-likeness (QED) is 0.269. The third kappa shape index (κ3) is 5.56. The fraction of sp³-hybridized carbons (Fsp3) is 0.389. The van der Waals surface area contributed by atoms with Crippen LogP contribution in [-0.4, -0.2) is 41.9 Å². The average molecular weight is 395 g/mol. The van der Waals surface area contributed by atoms with Crippen LogP contribution in [0, 0.1) is 10.8 Å². The number of hydrogen-bond acceptors (Lipinski definition) is 6. The van der Waals surface area contributed by atoms with Gasteiger partial charge in [-0.15, -0.1) is 5.10 Å². The zero-order valence-corrected chi connectivity index (χ0v) is 15.7. The van der Waals surface area contributed by atoms with Gasteiger partial charge >= 0.3 is 6.18 Å². The highest BCUT2D eigenvalue weighted by Crippen LogP contribution is 2.23. The summed E-state index contributed by atoms with van der Waals surface area (Å²) in [6.45, 7) is 3.58.